The molecule has 1 fully saturated rings. The highest BCUT2D eigenvalue weighted by molar-refractivity contribution is 5.35. The Morgan fingerprint density at radius 3 is 2.56 bits per heavy atom. The van der Waals surface area contributed by atoms with E-state index >= 15 is 0 Å². The maximum absolute atomic E-state index is 12.6. The molecule has 1 aliphatic carbocycles. The SMILES string of the molecule is Cc1ccnc(C#CC2(C(F)(F)F)CC2)c1. The molecule has 1 saturated carbocycles. The molecule has 2 rings (SSSR count). The van der Waals surface area contributed by atoms with Gasteiger partial charge in [-0.3, -0.25) is 0 Å². The molecule has 1 aromatic heterocycles. The molecule has 0 radical (unpaired) electrons. The normalized spacial score (nSPS) is 17.5. The zero-order valence-corrected chi connectivity index (χ0v) is 8.73. The summed E-state index contributed by atoms with van der Waals surface area (Å²) in [6.45, 7) is 1.85. The number of rotatable bonds is 0. The van der Waals surface area contributed by atoms with E-state index < -0.39 is 11.6 Å². The summed E-state index contributed by atoms with van der Waals surface area (Å²) < 4.78 is 37.7. The Balaban J connectivity index is 2.23. The van der Waals surface area contributed by atoms with Gasteiger partial charge in [-0.05, 0) is 43.4 Å². The van der Waals surface area contributed by atoms with Gasteiger partial charge in [-0.25, -0.2) is 4.98 Å². The van der Waals surface area contributed by atoms with Crippen LogP contribution in [0.4, 0.5) is 13.2 Å². The third-order valence-electron chi connectivity index (χ3n) is 2.64. The highest BCUT2D eigenvalue weighted by Gasteiger charge is 2.62. The Hall–Kier alpha value is -1.50. The standard InChI is InChI=1S/C12H10F3N/c1-9-3-7-16-10(8-9)2-4-11(5-6-11)12(13,14)15/h3,7-8H,5-6H2,1H3. The Morgan fingerprint density at radius 1 is 1.38 bits per heavy atom. The van der Waals surface area contributed by atoms with Crippen molar-refractivity contribution in [2.45, 2.75) is 25.9 Å². The van der Waals surface area contributed by atoms with E-state index in [0.717, 1.165) is 5.56 Å². The maximum atomic E-state index is 12.6. The number of aromatic nitrogens is 1. The van der Waals surface area contributed by atoms with E-state index in [9.17, 15) is 13.2 Å². The van der Waals surface area contributed by atoms with Crippen LogP contribution in [0.15, 0.2) is 18.3 Å². The Morgan fingerprint density at radius 2 is 2.06 bits per heavy atom. The number of aryl methyl sites for hydroxylation is 1. The summed E-state index contributed by atoms with van der Waals surface area (Å²) in [5, 5.41) is 0. The molecule has 1 heterocycles. The van der Waals surface area contributed by atoms with Crippen molar-refractivity contribution in [3.05, 3.63) is 29.6 Å². The van der Waals surface area contributed by atoms with Gasteiger partial charge in [0.2, 0.25) is 0 Å². The van der Waals surface area contributed by atoms with E-state index in [1.807, 2.05) is 6.92 Å². The second-order valence-corrected chi connectivity index (χ2v) is 4.05. The van der Waals surface area contributed by atoms with E-state index in [4.69, 9.17) is 0 Å². The van der Waals surface area contributed by atoms with E-state index in [0.29, 0.717) is 5.69 Å². The fourth-order valence-corrected chi connectivity index (χ4v) is 1.39. The molecule has 1 aliphatic rings. The number of pyridine rings is 1. The summed E-state index contributed by atoms with van der Waals surface area (Å²) in [5.74, 6) is 4.83. The molecule has 0 spiro atoms. The quantitative estimate of drug-likeness (QED) is 0.618. The molecule has 0 aromatic carbocycles. The van der Waals surface area contributed by atoms with Crippen molar-refractivity contribution < 1.29 is 13.2 Å². The number of hydrogen-bond acceptors (Lipinski definition) is 1. The van der Waals surface area contributed by atoms with Crippen molar-refractivity contribution in [3.8, 4) is 11.8 Å². The number of halogens is 3. The van der Waals surface area contributed by atoms with E-state index in [2.05, 4.69) is 16.8 Å². The molecular formula is C12H10F3N. The zero-order chi connectivity index (χ0) is 11.8. The lowest BCUT2D eigenvalue weighted by atomic mass is 10.1. The highest BCUT2D eigenvalue weighted by Crippen LogP contribution is 2.57. The van der Waals surface area contributed by atoms with E-state index in [1.54, 1.807) is 18.3 Å². The van der Waals surface area contributed by atoms with Gasteiger partial charge in [0, 0.05) is 6.20 Å². The van der Waals surface area contributed by atoms with Crippen LogP contribution in [-0.4, -0.2) is 11.2 Å². The van der Waals surface area contributed by atoms with Gasteiger partial charge in [-0.2, -0.15) is 13.2 Å². The Bertz CT molecular complexity index is 461. The summed E-state index contributed by atoms with van der Waals surface area (Å²) >= 11 is 0. The summed E-state index contributed by atoms with van der Waals surface area (Å²) in [7, 11) is 0. The van der Waals surface area contributed by atoms with Gasteiger partial charge in [-0.15, -0.1) is 0 Å². The van der Waals surface area contributed by atoms with Crippen LogP contribution in [0.25, 0.3) is 0 Å². The Kier molecular flexibility index (Phi) is 2.42. The van der Waals surface area contributed by atoms with Gasteiger partial charge in [0.05, 0.1) is 0 Å². The second-order valence-electron chi connectivity index (χ2n) is 4.05. The first-order valence-electron chi connectivity index (χ1n) is 4.96. The van der Waals surface area contributed by atoms with Crippen molar-refractivity contribution in [1.29, 1.82) is 0 Å². The third kappa shape index (κ3) is 2.04. The largest absolute Gasteiger partial charge is 0.405 e. The monoisotopic (exact) mass is 225 g/mol. The van der Waals surface area contributed by atoms with Crippen molar-refractivity contribution in [1.82, 2.24) is 4.98 Å². The van der Waals surface area contributed by atoms with Crippen LogP contribution in [0.1, 0.15) is 24.1 Å². The first-order chi connectivity index (χ1) is 7.43. The molecule has 0 bridgehead atoms. The third-order valence-corrected chi connectivity index (χ3v) is 2.64. The van der Waals surface area contributed by atoms with E-state index in [1.165, 1.54) is 0 Å². The summed E-state index contributed by atoms with van der Waals surface area (Å²) in [6, 6.07) is 3.46. The minimum absolute atomic E-state index is 0.106. The lowest BCUT2D eigenvalue weighted by Crippen LogP contribution is -2.22. The van der Waals surface area contributed by atoms with Crippen molar-refractivity contribution in [3.63, 3.8) is 0 Å². The van der Waals surface area contributed by atoms with Crippen molar-refractivity contribution >= 4 is 0 Å². The zero-order valence-electron chi connectivity index (χ0n) is 8.73. The van der Waals surface area contributed by atoms with E-state index in [-0.39, 0.29) is 12.8 Å². The molecule has 0 saturated heterocycles. The van der Waals surface area contributed by atoms with Crippen LogP contribution in [-0.2, 0) is 0 Å². The molecule has 1 nitrogen and oxygen atoms in total. The number of hydrogen-bond donors (Lipinski definition) is 0. The van der Waals surface area contributed by atoms with Gasteiger partial charge in [0.15, 0.2) is 0 Å². The molecule has 1 aromatic rings. The van der Waals surface area contributed by atoms with Gasteiger partial charge < -0.3 is 0 Å². The van der Waals surface area contributed by atoms with Crippen LogP contribution in [0, 0.1) is 24.2 Å². The number of nitrogens with zero attached hydrogens (tertiary/aromatic N) is 1. The van der Waals surface area contributed by atoms with Gasteiger partial charge in [0.1, 0.15) is 11.1 Å². The maximum Gasteiger partial charge on any atom is 0.405 e. The topological polar surface area (TPSA) is 12.9 Å². The molecule has 0 atom stereocenters. The van der Waals surface area contributed by atoms with Crippen molar-refractivity contribution in [2.75, 3.05) is 0 Å². The summed E-state index contributed by atoms with van der Waals surface area (Å²) in [5.41, 5.74) is -0.426. The molecule has 84 valence electrons. The summed E-state index contributed by atoms with van der Waals surface area (Å²) in [4.78, 5) is 3.91. The van der Waals surface area contributed by atoms with Crippen LogP contribution in [0.5, 0.6) is 0 Å². The lowest BCUT2D eigenvalue weighted by molar-refractivity contribution is -0.168. The van der Waals surface area contributed by atoms with Gasteiger partial charge >= 0.3 is 6.18 Å². The first kappa shape index (κ1) is 11.0. The van der Waals surface area contributed by atoms with Crippen LogP contribution in [0.3, 0.4) is 0 Å². The molecule has 0 unspecified atom stereocenters. The first-order valence-corrected chi connectivity index (χ1v) is 4.96. The van der Waals surface area contributed by atoms with Gasteiger partial charge in [0.25, 0.3) is 0 Å². The molecule has 0 N–H and O–H groups in total. The predicted octanol–water partition coefficient (Wildman–Crippen LogP) is 3.08. The molecule has 0 amide bonds. The minimum atomic E-state index is -4.22. The minimum Gasteiger partial charge on any atom is -0.248 e. The smallest absolute Gasteiger partial charge is 0.248 e. The number of alkyl halides is 3. The second kappa shape index (κ2) is 3.51. The fourth-order valence-electron chi connectivity index (χ4n) is 1.39. The summed E-state index contributed by atoms with van der Waals surface area (Å²) in [6.07, 6.45) is -2.46. The highest BCUT2D eigenvalue weighted by atomic mass is 19.4. The van der Waals surface area contributed by atoms with Crippen LogP contribution >= 0.6 is 0 Å². The predicted molar refractivity (Wildman–Crippen MR) is 53.6 cm³/mol. The fraction of sp³-hybridized carbons (Fsp3) is 0.417. The lowest BCUT2D eigenvalue weighted by Gasteiger charge is -2.11. The molecule has 0 aliphatic heterocycles. The average molecular weight is 225 g/mol. The average Bonchev–Trinajstić information content (AvgIpc) is 2.94. The molecule has 4 heteroatoms. The van der Waals surface area contributed by atoms with Crippen LogP contribution < -0.4 is 0 Å². The Labute approximate surface area is 91.7 Å². The van der Waals surface area contributed by atoms with Crippen molar-refractivity contribution in [2.24, 2.45) is 5.41 Å². The van der Waals surface area contributed by atoms with Gasteiger partial charge in [-0.1, -0.05) is 5.92 Å². The van der Waals surface area contributed by atoms with Crippen LogP contribution in [0.2, 0.25) is 0 Å². The molecular weight excluding hydrogens is 215 g/mol. The molecule has 16 heavy (non-hydrogen) atoms.